The third-order valence-corrected chi connectivity index (χ3v) is 11.1. The van der Waals surface area contributed by atoms with Gasteiger partial charge in [0.05, 0.1) is 49.5 Å². The monoisotopic (exact) mass is 912 g/mol. The summed E-state index contributed by atoms with van der Waals surface area (Å²) in [5.74, 6) is -5.65. The highest BCUT2D eigenvalue weighted by Crippen LogP contribution is 2.39. The smallest absolute Gasteiger partial charge is 0.416 e. The first-order valence-corrected chi connectivity index (χ1v) is 19.3. The molecule has 1 N–H and O–H groups in total. The number of nitriles is 2. The Morgan fingerprint density at radius 1 is 0.613 bits per heavy atom. The maximum atomic E-state index is 14.2. The molecule has 0 aliphatic heterocycles. The highest BCUT2D eigenvalue weighted by Gasteiger charge is 2.31. The first-order chi connectivity index (χ1) is 28.6. The molecule has 6 nitrogen and oxygen atoms in total. The van der Waals surface area contributed by atoms with Gasteiger partial charge in [-0.15, -0.1) is 22.7 Å². The lowest BCUT2D eigenvalue weighted by molar-refractivity contribution is -0.138. The van der Waals surface area contributed by atoms with Crippen LogP contribution in [0.15, 0.2) is 72.8 Å². The van der Waals surface area contributed by atoms with Gasteiger partial charge in [0.15, 0.2) is 23.2 Å². The second-order valence-corrected chi connectivity index (χ2v) is 14.8. The number of aliphatic hydroxyl groups is 1. The average molecular weight is 913 g/mol. The van der Waals surface area contributed by atoms with E-state index in [2.05, 4.69) is 9.97 Å². The van der Waals surface area contributed by atoms with Gasteiger partial charge in [-0.05, 0) is 63.1 Å². The number of thiazole rings is 2. The van der Waals surface area contributed by atoms with E-state index in [9.17, 15) is 53.4 Å². The van der Waals surface area contributed by atoms with Crippen molar-refractivity contribution in [3.63, 3.8) is 0 Å². The Labute approximate surface area is 357 Å². The molecule has 0 amide bonds. The molecule has 328 valence electrons. The standard InChI is InChI=1S/C21H15F5N2OS.C14H14F3NOS.C7H2F3N.CH4/c1-3-17(29-18-9-15(22)13(10-27)8-16(18)23)19-11(2)28-20(30-19)12-4-6-14(7-5-12)21(24,25)26;1-3-11(19)12-8(2)18-13(20-12)9-4-6-10(7-5-9)14(15,16)17;8-5-2-7(10)6(9)1-4(5)3-11;/h4-9,17H,3H2,1-2H3;4-7,11,19H,3H2,1-2H3;1-2H;1H4. The van der Waals surface area contributed by atoms with Crippen molar-refractivity contribution in [2.24, 2.45) is 0 Å². The van der Waals surface area contributed by atoms with Crippen molar-refractivity contribution in [3.8, 4) is 39.0 Å². The lowest BCUT2D eigenvalue weighted by atomic mass is 10.1. The van der Waals surface area contributed by atoms with Gasteiger partial charge in [0.25, 0.3) is 0 Å². The number of rotatable bonds is 8. The molecule has 2 aromatic heterocycles. The van der Waals surface area contributed by atoms with Crippen LogP contribution in [-0.2, 0) is 12.4 Å². The molecular formula is C43H35F11N4O2S2. The zero-order valence-corrected chi connectivity index (χ0v) is 33.7. The zero-order valence-electron chi connectivity index (χ0n) is 32.1. The topological polar surface area (TPSA) is 103 Å². The fourth-order valence-corrected chi connectivity index (χ4v) is 7.57. The van der Waals surface area contributed by atoms with E-state index < -0.39 is 75.9 Å². The number of halogens is 11. The van der Waals surface area contributed by atoms with Gasteiger partial charge in [-0.2, -0.15) is 36.9 Å². The number of nitrogens with zero attached hydrogens (tertiary/aromatic N) is 4. The van der Waals surface area contributed by atoms with Crippen molar-refractivity contribution < 1.29 is 58.1 Å². The molecule has 0 saturated heterocycles. The summed E-state index contributed by atoms with van der Waals surface area (Å²) < 4.78 is 146. The molecule has 0 radical (unpaired) electrons. The van der Waals surface area contributed by atoms with Crippen molar-refractivity contribution in [1.29, 1.82) is 10.5 Å². The second-order valence-electron chi connectivity index (χ2n) is 12.8. The highest BCUT2D eigenvalue weighted by atomic mass is 32.1. The van der Waals surface area contributed by atoms with Crippen molar-refractivity contribution in [3.05, 3.63) is 145 Å². The van der Waals surface area contributed by atoms with Crippen LogP contribution in [0.5, 0.6) is 5.75 Å². The van der Waals surface area contributed by atoms with Gasteiger partial charge in [0.1, 0.15) is 39.9 Å². The minimum absolute atomic E-state index is 0. The normalized spacial score (nSPS) is 12.0. The molecule has 0 spiro atoms. The van der Waals surface area contributed by atoms with Crippen LogP contribution in [0.25, 0.3) is 21.1 Å². The summed E-state index contributed by atoms with van der Waals surface area (Å²) >= 11 is 2.53. The predicted molar refractivity (Wildman–Crippen MR) is 212 cm³/mol. The summed E-state index contributed by atoms with van der Waals surface area (Å²) in [5, 5.41) is 27.9. The molecule has 0 aliphatic carbocycles. The largest absolute Gasteiger partial charge is 0.482 e. The summed E-state index contributed by atoms with van der Waals surface area (Å²) in [6.07, 6.45) is -8.99. The number of ether oxygens (including phenoxy) is 1. The van der Waals surface area contributed by atoms with E-state index in [-0.39, 0.29) is 13.2 Å². The van der Waals surface area contributed by atoms with Gasteiger partial charge >= 0.3 is 12.4 Å². The number of alkyl halides is 6. The van der Waals surface area contributed by atoms with Crippen LogP contribution in [0.1, 0.15) is 89.7 Å². The number of aliphatic hydroxyl groups excluding tert-OH is 1. The Kier molecular flexibility index (Phi) is 17.3. The Balaban J connectivity index is 0.000000275. The van der Waals surface area contributed by atoms with Crippen molar-refractivity contribution in [2.75, 3.05) is 0 Å². The molecule has 0 fully saturated rings. The van der Waals surface area contributed by atoms with Crippen LogP contribution in [0.4, 0.5) is 48.3 Å². The number of benzene rings is 4. The van der Waals surface area contributed by atoms with Crippen LogP contribution < -0.4 is 4.74 Å². The summed E-state index contributed by atoms with van der Waals surface area (Å²) in [6, 6.07) is 14.9. The summed E-state index contributed by atoms with van der Waals surface area (Å²) in [7, 11) is 0. The van der Waals surface area contributed by atoms with Crippen LogP contribution in [-0.4, -0.2) is 15.1 Å². The van der Waals surface area contributed by atoms with E-state index in [4.69, 9.17) is 15.3 Å². The molecular weight excluding hydrogens is 878 g/mol. The van der Waals surface area contributed by atoms with Gasteiger partial charge in [-0.25, -0.2) is 31.9 Å². The maximum Gasteiger partial charge on any atom is 0.416 e. The van der Waals surface area contributed by atoms with Crippen LogP contribution >= 0.6 is 22.7 Å². The first kappa shape index (κ1) is 50.5. The van der Waals surface area contributed by atoms with Crippen molar-refractivity contribution in [2.45, 2.75) is 72.5 Å². The number of aromatic nitrogens is 2. The predicted octanol–water partition coefficient (Wildman–Crippen LogP) is 14.0. The quantitative estimate of drug-likeness (QED) is 0.121. The molecule has 6 rings (SSSR count). The lowest BCUT2D eigenvalue weighted by Gasteiger charge is -2.17. The van der Waals surface area contributed by atoms with E-state index in [1.807, 2.05) is 6.92 Å². The third-order valence-electron chi connectivity index (χ3n) is 8.48. The Hall–Kier alpha value is -5.89. The fourth-order valence-electron chi connectivity index (χ4n) is 5.25. The van der Waals surface area contributed by atoms with Gasteiger partial charge in [-0.1, -0.05) is 45.5 Å². The minimum Gasteiger partial charge on any atom is -0.482 e. The summed E-state index contributed by atoms with van der Waals surface area (Å²) in [6.45, 7) is 7.15. The Bertz CT molecular complexity index is 2540. The SMILES string of the molecule is C.CCC(O)c1sc(-c2ccc(C(F)(F)F)cc2)nc1C.CCC(Oc1cc(F)c(C#N)cc1F)c1sc(-c2ccc(C(F)(F)F)cc2)nc1C.N#Cc1cc(F)c(F)cc1F. The molecule has 62 heavy (non-hydrogen) atoms. The molecule has 4 aromatic carbocycles. The van der Waals surface area contributed by atoms with Gasteiger partial charge in [-0.3, -0.25) is 0 Å². The summed E-state index contributed by atoms with van der Waals surface area (Å²) in [5.41, 5.74) is 0.0792. The zero-order chi connectivity index (χ0) is 45.4. The van der Waals surface area contributed by atoms with Gasteiger partial charge < -0.3 is 9.84 Å². The molecule has 19 heteroatoms. The van der Waals surface area contributed by atoms with Crippen LogP contribution in [0, 0.1) is 65.6 Å². The molecule has 0 aliphatic rings. The van der Waals surface area contributed by atoms with E-state index in [1.54, 1.807) is 26.8 Å². The Morgan fingerprint density at radius 3 is 1.44 bits per heavy atom. The molecule has 2 heterocycles. The van der Waals surface area contributed by atoms with Crippen LogP contribution in [0.3, 0.4) is 0 Å². The third kappa shape index (κ3) is 12.6. The van der Waals surface area contributed by atoms with E-state index >= 15 is 0 Å². The van der Waals surface area contributed by atoms with Crippen molar-refractivity contribution >= 4 is 22.7 Å². The highest BCUT2D eigenvalue weighted by molar-refractivity contribution is 7.15. The molecule has 0 bridgehead atoms. The minimum atomic E-state index is -4.43. The first-order valence-electron chi connectivity index (χ1n) is 17.7. The fraction of sp³-hybridized carbons (Fsp3) is 0.256. The second kappa shape index (κ2) is 21.3. The maximum absolute atomic E-state index is 14.2. The average Bonchev–Trinajstić information content (AvgIpc) is 3.81. The van der Waals surface area contributed by atoms with Crippen molar-refractivity contribution in [1.82, 2.24) is 9.97 Å². The van der Waals surface area contributed by atoms with Gasteiger partial charge in [0.2, 0.25) is 0 Å². The Morgan fingerprint density at radius 2 is 1.02 bits per heavy atom. The number of aryl methyl sites for hydroxylation is 2. The van der Waals surface area contributed by atoms with E-state index in [0.717, 1.165) is 47.0 Å². The molecule has 6 aromatic rings. The van der Waals surface area contributed by atoms with Crippen LogP contribution in [0.2, 0.25) is 0 Å². The molecule has 2 atom stereocenters. The number of hydrogen-bond acceptors (Lipinski definition) is 8. The van der Waals surface area contributed by atoms with E-state index in [1.165, 1.54) is 53.0 Å². The van der Waals surface area contributed by atoms with Gasteiger partial charge in [0, 0.05) is 23.3 Å². The summed E-state index contributed by atoms with van der Waals surface area (Å²) in [4.78, 5) is 10.1. The molecule has 2 unspecified atom stereocenters. The lowest BCUT2D eigenvalue weighted by Crippen LogP contribution is -2.08. The molecule has 0 saturated carbocycles. The number of hydrogen-bond donors (Lipinski definition) is 1. The van der Waals surface area contributed by atoms with E-state index in [0.29, 0.717) is 56.7 Å².